The van der Waals surface area contributed by atoms with Crippen molar-refractivity contribution in [1.29, 1.82) is 0 Å². The van der Waals surface area contributed by atoms with E-state index in [9.17, 15) is 9.90 Å². The minimum absolute atomic E-state index is 0.157. The Kier molecular flexibility index (Phi) is 6.53. The van der Waals surface area contributed by atoms with E-state index in [1.807, 2.05) is 24.3 Å². The van der Waals surface area contributed by atoms with E-state index < -0.39 is 6.10 Å². The Balaban J connectivity index is 1.45. The van der Waals surface area contributed by atoms with Crippen LogP contribution in [0.4, 0.5) is 0 Å². The molecular formula is C30H34N2O2. The SMILES string of the molecule is Cc1cccc(CN(C(=O)[C@H]2CNC[C@@H](O)[C@@H]2c2cccc(-c3ccccc3)c2)C2CC2)c1C. The van der Waals surface area contributed by atoms with Crippen molar-refractivity contribution >= 4 is 5.91 Å². The highest BCUT2D eigenvalue weighted by atomic mass is 16.3. The molecule has 34 heavy (non-hydrogen) atoms. The Bertz CT molecular complexity index is 1160. The maximum absolute atomic E-state index is 14.0. The van der Waals surface area contributed by atoms with Crippen LogP contribution in [0.15, 0.2) is 72.8 Å². The predicted molar refractivity (Wildman–Crippen MR) is 136 cm³/mol. The number of amides is 1. The Labute approximate surface area is 202 Å². The van der Waals surface area contributed by atoms with Crippen LogP contribution in [0.1, 0.15) is 41.0 Å². The number of nitrogens with zero attached hydrogens (tertiary/aromatic N) is 1. The molecule has 4 heteroatoms. The number of nitrogens with one attached hydrogen (secondary N) is 1. The molecule has 0 aromatic heterocycles. The molecule has 1 saturated heterocycles. The van der Waals surface area contributed by atoms with Gasteiger partial charge in [0.1, 0.15) is 0 Å². The molecule has 0 radical (unpaired) electrons. The summed E-state index contributed by atoms with van der Waals surface area (Å²) in [6.45, 7) is 6.00. The molecule has 3 atom stereocenters. The van der Waals surface area contributed by atoms with Crippen LogP contribution in [0.3, 0.4) is 0 Å². The van der Waals surface area contributed by atoms with Crippen molar-refractivity contribution < 1.29 is 9.90 Å². The van der Waals surface area contributed by atoms with Crippen molar-refractivity contribution in [1.82, 2.24) is 10.2 Å². The molecule has 2 N–H and O–H groups in total. The number of piperidine rings is 1. The van der Waals surface area contributed by atoms with E-state index in [0.717, 1.165) is 29.5 Å². The largest absolute Gasteiger partial charge is 0.391 e. The average molecular weight is 455 g/mol. The molecule has 176 valence electrons. The predicted octanol–water partition coefficient (Wildman–Crippen LogP) is 4.83. The van der Waals surface area contributed by atoms with Gasteiger partial charge in [0.15, 0.2) is 0 Å². The van der Waals surface area contributed by atoms with Gasteiger partial charge in [0, 0.05) is 31.6 Å². The summed E-state index contributed by atoms with van der Waals surface area (Å²) in [6, 6.07) is 25.3. The first-order chi connectivity index (χ1) is 16.5. The minimum atomic E-state index is -0.601. The first-order valence-corrected chi connectivity index (χ1v) is 12.4. The number of hydrogen-bond donors (Lipinski definition) is 2. The van der Waals surface area contributed by atoms with Crippen LogP contribution in [-0.4, -0.2) is 41.1 Å². The second-order valence-corrected chi connectivity index (χ2v) is 9.91. The lowest BCUT2D eigenvalue weighted by molar-refractivity contribution is -0.139. The van der Waals surface area contributed by atoms with Crippen LogP contribution in [0.2, 0.25) is 0 Å². The lowest BCUT2D eigenvalue weighted by atomic mass is 9.77. The van der Waals surface area contributed by atoms with E-state index in [0.29, 0.717) is 25.7 Å². The van der Waals surface area contributed by atoms with Crippen molar-refractivity contribution in [3.8, 4) is 11.1 Å². The fourth-order valence-corrected chi connectivity index (χ4v) is 5.31. The first kappa shape index (κ1) is 22.8. The van der Waals surface area contributed by atoms with Gasteiger partial charge in [-0.05, 0) is 60.1 Å². The van der Waals surface area contributed by atoms with Crippen molar-refractivity contribution in [2.45, 2.75) is 51.3 Å². The molecular weight excluding hydrogens is 420 g/mol. The van der Waals surface area contributed by atoms with Crippen LogP contribution in [-0.2, 0) is 11.3 Å². The summed E-state index contributed by atoms with van der Waals surface area (Å²) in [4.78, 5) is 16.1. The number of aryl methyl sites for hydroxylation is 1. The second-order valence-electron chi connectivity index (χ2n) is 9.91. The molecule has 3 aromatic carbocycles. The van der Waals surface area contributed by atoms with Crippen LogP contribution in [0.5, 0.6) is 0 Å². The summed E-state index contributed by atoms with van der Waals surface area (Å²) in [5.74, 6) is -0.359. The monoisotopic (exact) mass is 454 g/mol. The van der Waals surface area contributed by atoms with Gasteiger partial charge in [-0.15, -0.1) is 0 Å². The highest BCUT2D eigenvalue weighted by molar-refractivity contribution is 5.81. The number of carbonyl (C=O) groups is 1. The number of β-amino-alcohol motifs (C(OH)–C–C–N with tert-alkyl or cyclic N) is 1. The maximum atomic E-state index is 14.0. The summed E-state index contributed by atoms with van der Waals surface area (Å²) in [5.41, 5.74) is 7.03. The van der Waals surface area contributed by atoms with E-state index >= 15 is 0 Å². The zero-order chi connectivity index (χ0) is 23.7. The highest BCUT2D eigenvalue weighted by Crippen LogP contribution is 2.37. The molecule has 0 bridgehead atoms. The third-order valence-corrected chi connectivity index (χ3v) is 7.59. The summed E-state index contributed by atoms with van der Waals surface area (Å²) in [5, 5.41) is 14.4. The van der Waals surface area contributed by atoms with Crippen LogP contribution in [0, 0.1) is 19.8 Å². The van der Waals surface area contributed by atoms with E-state index in [2.05, 4.69) is 72.6 Å². The molecule has 3 aromatic rings. The third-order valence-electron chi connectivity index (χ3n) is 7.59. The standard InChI is InChI=1S/C30H34N2O2/c1-20-8-6-13-25(21(20)2)19-32(26-14-15-26)30(34)27-17-31-18-28(33)29(27)24-12-7-11-23(16-24)22-9-4-3-5-10-22/h3-13,16,26-29,31,33H,14-15,17-19H2,1-2H3/t27-,28+,29+/m0/s1. The minimum Gasteiger partial charge on any atom is -0.391 e. The second kappa shape index (κ2) is 9.73. The van der Waals surface area contributed by atoms with E-state index in [1.165, 1.54) is 16.7 Å². The third kappa shape index (κ3) is 4.66. The molecule has 1 saturated carbocycles. The van der Waals surface area contributed by atoms with Gasteiger partial charge in [-0.1, -0.05) is 72.8 Å². The molecule has 1 aliphatic carbocycles. The molecule has 2 aliphatic rings. The van der Waals surface area contributed by atoms with Crippen LogP contribution >= 0.6 is 0 Å². The quantitative estimate of drug-likeness (QED) is 0.561. The van der Waals surface area contributed by atoms with Gasteiger partial charge in [-0.3, -0.25) is 4.79 Å². The lowest BCUT2D eigenvalue weighted by Gasteiger charge is -2.38. The fraction of sp³-hybridized carbons (Fsp3) is 0.367. The summed E-state index contributed by atoms with van der Waals surface area (Å²) in [7, 11) is 0. The Morgan fingerprint density at radius 2 is 1.68 bits per heavy atom. The molecule has 1 aliphatic heterocycles. The van der Waals surface area contributed by atoms with Gasteiger partial charge in [0.2, 0.25) is 5.91 Å². The van der Waals surface area contributed by atoms with E-state index in [-0.39, 0.29) is 17.7 Å². The highest BCUT2D eigenvalue weighted by Gasteiger charge is 2.43. The van der Waals surface area contributed by atoms with Gasteiger partial charge in [0.25, 0.3) is 0 Å². The Hall–Kier alpha value is -2.95. The van der Waals surface area contributed by atoms with Gasteiger partial charge < -0.3 is 15.3 Å². The van der Waals surface area contributed by atoms with Gasteiger partial charge in [0.05, 0.1) is 12.0 Å². The van der Waals surface area contributed by atoms with Crippen molar-refractivity contribution in [3.63, 3.8) is 0 Å². The number of carbonyl (C=O) groups excluding carboxylic acids is 1. The van der Waals surface area contributed by atoms with Crippen molar-refractivity contribution in [2.75, 3.05) is 13.1 Å². The number of aliphatic hydroxyl groups is 1. The van der Waals surface area contributed by atoms with Crippen LogP contribution < -0.4 is 5.32 Å². The van der Waals surface area contributed by atoms with Gasteiger partial charge in [-0.25, -0.2) is 0 Å². The van der Waals surface area contributed by atoms with Gasteiger partial charge >= 0.3 is 0 Å². The number of benzene rings is 3. The van der Waals surface area contributed by atoms with Crippen molar-refractivity contribution in [3.05, 3.63) is 95.1 Å². The lowest BCUT2D eigenvalue weighted by Crippen LogP contribution is -2.52. The smallest absolute Gasteiger partial charge is 0.228 e. The zero-order valence-electron chi connectivity index (χ0n) is 20.1. The molecule has 1 heterocycles. The normalized spacial score (nSPS) is 22.4. The number of hydrogen-bond acceptors (Lipinski definition) is 3. The average Bonchev–Trinajstić information content (AvgIpc) is 3.70. The summed E-state index contributed by atoms with van der Waals surface area (Å²) >= 11 is 0. The van der Waals surface area contributed by atoms with Crippen LogP contribution in [0.25, 0.3) is 11.1 Å². The summed E-state index contributed by atoms with van der Waals surface area (Å²) in [6.07, 6.45) is 1.52. The fourth-order valence-electron chi connectivity index (χ4n) is 5.31. The topological polar surface area (TPSA) is 52.6 Å². The first-order valence-electron chi connectivity index (χ1n) is 12.4. The number of aliphatic hydroxyl groups excluding tert-OH is 1. The molecule has 0 unspecified atom stereocenters. The molecule has 2 fully saturated rings. The van der Waals surface area contributed by atoms with E-state index in [1.54, 1.807) is 0 Å². The van der Waals surface area contributed by atoms with E-state index in [4.69, 9.17) is 0 Å². The molecule has 0 spiro atoms. The molecule has 1 amide bonds. The summed E-state index contributed by atoms with van der Waals surface area (Å²) < 4.78 is 0. The maximum Gasteiger partial charge on any atom is 0.228 e. The Morgan fingerprint density at radius 1 is 0.941 bits per heavy atom. The zero-order valence-corrected chi connectivity index (χ0v) is 20.1. The number of rotatable bonds is 6. The Morgan fingerprint density at radius 3 is 2.44 bits per heavy atom. The van der Waals surface area contributed by atoms with Crippen molar-refractivity contribution in [2.24, 2.45) is 5.92 Å². The molecule has 5 rings (SSSR count). The molecule has 4 nitrogen and oxygen atoms in total. The van der Waals surface area contributed by atoms with Gasteiger partial charge in [-0.2, -0.15) is 0 Å².